The van der Waals surface area contributed by atoms with Crippen molar-refractivity contribution in [3.63, 3.8) is 0 Å². The maximum absolute atomic E-state index is 12.5. The Labute approximate surface area is 106 Å². The highest BCUT2D eigenvalue weighted by molar-refractivity contribution is 7.70. The van der Waals surface area contributed by atoms with Gasteiger partial charge in [0.25, 0.3) is 0 Å². The van der Waals surface area contributed by atoms with E-state index in [9.17, 15) is 9.36 Å². The number of benzene rings is 1. The third kappa shape index (κ3) is 3.86. The molecule has 0 aliphatic rings. The lowest BCUT2D eigenvalue weighted by Gasteiger charge is -2.15. The second-order valence-electron chi connectivity index (χ2n) is 4.26. The zero-order valence-corrected chi connectivity index (χ0v) is 11.4. The molecule has 0 amide bonds. The minimum absolute atomic E-state index is 0.204. The minimum Gasteiger partial charge on any atom is -0.497 e. The summed E-state index contributed by atoms with van der Waals surface area (Å²) < 4.78 is 17.5. The van der Waals surface area contributed by atoms with Crippen molar-refractivity contribution in [1.82, 2.24) is 0 Å². The van der Waals surface area contributed by atoms with Gasteiger partial charge in [0.1, 0.15) is 18.9 Å². The van der Waals surface area contributed by atoms with Gasteiger partial charge in [-0.25, -0.2) is 0 Å². The molecule has 0 spiro atoms. The summed E-state index contributed by atoms with van der Waals surface area (Å²) in [4.78, 5) is 10.6. The number of nitrogens with two attached hydrogens (primary N) is 1. The molecule has 18 heavy (non-hydrogen) atoms. The fraction of sp³-hybridized carbons (Fsp3) is 0.417. The molecule has 0 radical (unpaired) electrons. The van der Waals surface area contributed by atoms with E-state index in [0.717, 1.165) is 0 Å². The third-order valence-electron chi connectivity index (χ3n) is 2.80. The third-order valence-corrected chi connectivity index (χ3v) is 5.30. The van der Waals surface area contributed by atoms with Crippen LogP contribution in [0.3, 0.4) is 0 Å². The fourth-order valence-corrected chi connectivity index (χ4v) is 3.34. The number of aliphatic carboxylic acids is 1. The Morgan fingerprint density at radius 2 is 2.00 bits per heavy atom. The van der Waals surface area contributed by atoms with Crippen LogP contribution >= 0.6 is 7.14 Å². The lowest BCUT2D eigenvalue weighted by atomic mass is 10.2. The zero-order chi connectivity index (χ0) is 13.8. The molecule has 0 aliphatic carbocycles. The maximum atomic E-state index is 12.5. The lowest BCUT2D eigenvalue weighted by Crippen LogP contribution is -2.31. The van der Waals surface area contributed by atoms with Crippen molar-refractivity contribution in [1.29, 1.82) is 0 Å². The Hall–Kier alpha value is -1.32. The molecule has 6 heteroatoms. The van der Waals surface area contributed by atoms with Gasteiger partial charge in [0.2, 0.25) is 0 Å². The van der Waals surface area contributed by atoms with Gasteiger partial charge in [-0.3, -0.25) is 4.79 Å². The highest BCUT2D eigenvalue weighted by Crippen LogP contribution is 2.41. The molecule has 0 heterocycles. The second-order valence-corrected chi connectivity index (χ2v) is 7.42. The maximum Gasteiger partial charge on any atom is 0.320 e. The van der Waals surface area contributed by atoms with Gasteiger partial charge in [0.15, 0.2) is 0 Å². The molecule has 0 bridgehead atoms. The van der Waals surface area contributed by atoms with Crippen LogP contribution < -0.4 is 15.8 Å². The van der Waals surface area contributed by atoms with E-state index >= 15 is 0 Å². The monoisotopic (exact) mass is 271 g/mol. The van der Waals surface area contributed by atoms with E-state index in [1.54, 1.807) is 38.0 Å². The van der Waals surface area contributed by atoms with Gasteiger partial charge in [-0.15, -0.1) is 0 Å². The van der Waals surface area contributed by atoms with E-state index < -0.39 is 19.2 Å². The lowest BCUT2D eigenvalue weighted by molar-refractivity contribution is -0.138. The molecule has 100 valence electrons. The van der Waals surface area contributed by atoms with Crippen molar-refractivity contribution in [2.45, 2.75) is 12.5 Å². The first-order valence-electron chi connectivity index (χ1n) is 5.56. The van der Waals surface area contributed by atoms with Gasteiger partial charge in [-0.1, -0.05) is 0 Å². The van der Waals surface area contributed by atoms with E-state index in [2.05, 4.69) is 0 Å². The molecule has 1 aromatic carbocycles. The first kappa shape index (κ1) is 14.7. The van der Waals surface area contributed by atoms with Gasteiger partial charge in [-0.05, 0) is 37.4 Å². The van der Waals surface area contributed by atoms with Crippen molar-refractivity contribution in [3.05, 3.63) is 24.3 Å². The summed E-state index contributed by atoms with van der Waals surface area (Å²) >= 11 is 0. The van der Waals surface area contributed by atoms with Crippen molar-refractivity contribution in [2.24, 2.45) is 5.73 Å². The van der Waals surface area contributed by atoms with Crippen LogP contribution in [0, 0.1) is 0 Å². The summed E-state index contributed by atoms with van der Waals surface area (Å²) in [5.41, 5.74) is 5.41. The molecule has 5 nitrogen and oxygen atoms in total. The van der Waals surface area contributed by atoms with Crippen molar-refractivity contribution in [3.8, 4) is 5.75 Å². The van der Waals surface area contributed by atoms with Gasteiger partial charge in [0.05, 0.1) is 7.11 Å². The SMILES string of the molecule is COc1ccc(P(C)(=O)CCC(N)C(=O)O)cc1. The standard InChI is InChI=1S/C12H18NO4P/c1-17-9-3-5-10(6-4-9)18(2,16)8-7-11(13)12(14)15/h3-6,11H,7-8,13H2,1-2H3,(H,14,15). The Balaban J connectivity index is 2.73. The van der Waals surface area contributed by atoms with Crippen LogP contribution in [0.15, 0.2) is 24.3 Å². The summed E-state index contributed by atoms with van der Waals surface area (Å²) in [5.74, 6) is -0.370. The van der Waals surface area contributed by atoms with Gasteiger partial charge in [-0.2, -0.15) is 0 Å². The van der Waals surface area contributed by atoms with E-state index in [0.29, 0.717) is 11.1 Å². The highest BCUT2D eigenvalue weighted by Gasteiger charge is 2.21. The molecule has 0 fully saturated rings. The quantitative estimate of drug-likeness (QED) is 0.757. The fourth-order valence-electron chi connectivity index (χ4n) is 1.54. The largest absolute Gasteiger partial charge is 0.497 e. The van der Waals surface area contributed by atoms with Crippen LogP contribution in [0.4, 0.5) is 0 Å². The van der Waals surface area contributed by atoms with E-state index in [1.165, 1.54) is 0 Å². The Bertz CT molecular complexity index is 458. The number of hydrogen-bond acceptors (Lipinski definition) is 4. The number of carbonyl (C=O) groups is 1. The summed E-state index contributed by atoms with van der Waals surface area (Å²) in [6, 6.07) is 6.00. The van der Waals surface area contributed by atoms with Crippen molar-refractivity contribution >= 4 is 18.4 Å². The first-order chi connectivity index (χ1) is 8.36. The van der Waals surface area contributed by atoms with Crippen LogP contribution in [0.5, 0.6) is 5.75 Å². The van der Waals surface area contributed by atoms with Crippen LogP contribution in [0.25, 0.3) is 0 Å². The molecule has 0 saturated heterocycles. The number of methoxy groups -OCH3 is 1. The Kier molecular flexibility index (Phi) is 4.93. The summed E-state index contributed by atoms with van der Waals surface area (Å²) in [5, 5.41) is 9.40. The van der Waals surface area contributed by atoms with Gasteiger partial charge in [0, 0.05) is 11.5 Å². The Morgan fingerprint density at radius 1 is 1.44 bits per heavy atom. The molecule has 3 N–H and O–H groups in total. The molecular formula is C12H18NO4P. The normalized spacial score (nSPS) is 15.7. The zero-order valence-electron chi connectivity index (χ0n) is 10.5. The van der Waals surface area contributed by atoms with Crippen LogP contribution in [-0.4, -0.2) is 37.1 Å². The van der Waals surface area contributed by atoms with Crippen LogP contribution in [0.2, 0.25) is 0 Å². The highest BCUT2D eigenvalue weighted by atomic mass is 31.2. The number of carboxylic acids is 1. The topological polar surface area (TPSA) is 89.6 Å². The second kappa shape index (κ2) is 6.03. The average molecular weight is 271 g/mol. The van der Waals surface area contributed by atoms with Crippen molar-refractivity contribution < 1.29 is 19.2 Å². The van der Waals surface area contributed by atoms with Crippen LogP contribution in [-0.2, 0) is 9.36 Å². The first-order valence-corrected chi connectivity index (χ1v) is 7.90. The molecule has 2 unspecified atom stereocenters. The molecule has 0 saturated carbocycles. The number of ether oxygens (including phenoxy) is 1. The van der Waals surface area contributed by atoms with Crippen molar-refractivity contribution in [2.75, 3.05) is 19.9 Å². The number of hydrogen-bond donors (Lipinski definition) is 2. The number of carboxylic acid groups (broad SMARTS) is 1. The van der Waals surface area contributed by atoms with E-state index in [1.807, 2.05) is 0 Å². The Morgan fingerprint density at radius 3 is 2.44 bits per heavy atom. The summed E-state index contributed by atoms with van der Waals surface area (Å²) in [7, 11) is -1.01. The van der Waals surface area contributed by atoms with Crippen LogP contribution in [0.1, 0.15) is 6.42 Å². The van der Waals surface area contributed by atoms with E-state index in [-0.39, 0.29) is 12.6 Å². The summed E-state index contributed by atoms with van der Waals surface area (Å²) in [6.07, 6.45) is 0.488. The smallest absolute Gasteiger partial charge is 0.320 e. The molecule has 1 aromatic rings. The predicted molar refractivity (Wildman–Crippen MR) is 71.3 cm³/mol. The average Bonchev–Trinajstić information content (AvgIpc) is 2.36. The number of rotatable bonds is 6. The van der Waals surface area contributed by atoms with Gasteiger partial charge >= 0.3 is 5.97 Å². The molecular weight excluding hydrogens is 253 g/mol. The van der Waals surface area contributed by atoms with E-state index in [4.69, 9.17) is 15.6 Å². The molecule has 0 aromatic heterocycles. The van der Waals surface area contributed by atoms with Gasteiger partial charge < -0.3 is 20.1 Å². The minimum atomic E-state index is -2.57. The molecule has 2 atom stereocenters. The molecule has 0 aliphatic heterocycles. The predicted octanol–water partition coefficient (Wildman–Crippen LogP) is 1.12. The summed E-state index contributed by atoms with van der Waals surface area (Å²) in [6.45, 7) is 1.64. The molecule has 1 rings (SSSR count).